The molecule has 2 aliphatic heterocycles. The molecular formula is C29H34F2N4O3. The van der Waals surface area contributed by atoms with Gasteiger partial charge in [-0.25, -0.2) is 8.78 Å². The molecule has 2 aromatic carbocycles. The van der Waals surface area contributed by atoms with Crippen molar-refractivity contribution in [2.45, 2.75) is 51.2 Å². The first kappa shape index (κ1) is 26.3. The number of rotatable bonds is 6. The van der Waals surface area contributed by atoms with Crippen LogP contribution in [-0.4, -0.2) is 65.8 Å². The predicted octanol–water partition coefficient (Wildman–Crippen LogP) is 2.59. The quantitative estimate of drug-likeness (QED) is 0.609. The molecule has 202 valence electrons. The molecule has 38 heavy (non-hydrogen) atoms. The zero-order valence-corrected chi connectivity index (χ0v) is 21.8. The summed E-state index contributed by atoms with van der Waals surface area (Å²) in [6.45, 7) is 5.78. The Morgan fingerprint density at radius 3 is 2.29 bits per heavy atom. The summed E-state index contributed by atoms with van der Waals surface area (Å²) in [5.41, 5.74) is 2.17. The number of nitrogens with zero attached hydrogens (tertiary/aromatic N) is 2. The number of benzene rings is 2. The summed E-state index contributed by atoms with van der Waals surface area (Å²) in [7, 11) is 0. The van der Waals surface area contributed by atoms with Crippen molar-refractivity contribution < 1.29 is 23.2 Å². The Labute approximate surface area is 221 Å². The number of hydrogen-bond acceptors (Lipinski definition) is 4. The van der Waals surface area contributed by atoms with Crippen molar-refractivity contribution in [2.24, 2.45) is 11.8 Å². The summed E-state index contributed by atoms with van der Waals surface area (Å²) < 4.78 is 29.2. The molecule has 2 N–H and O–H groups in total. The van der Waals surface area contributed by atoms with Gasteiger partial charge in [0.15, 0.2) is 0 Å². The molecular weight excluding hydrogens is 490 g/mol. The van der Waals surface area contributed by atoms with Crippen LogP contribution in [0.25, 0.3) is 0 Å². The van der Waals surface area contributed by atoms with E-state index in [0.29, 0.717) is 45.4 Å². The highest BCUT2D eigenvalue weighted by Crippen LogP contribution is 2.36. The lowest BCUT2D eigenvalue weighted by Crippen LogP contribution is -2.67. The minimum atomic E-state index is -1.37. The minimum Gasteiger partial charge on any atom is -0.342 e. The van der Waals surface area contributed by atoms with Gasteiger partial charge < -0.3 is 20.4 Å². The van der Waals surface area contributed by atoms with E-state index in [0.717, 1.165) is 23.3 Å². The van der Waals surface area contributed by atoms with Gasteiger partial charge in [-0.15, -0.1) is 0 Å². The predicted molar refractivity (Wildman–Crippen MR) is 138 cm³/mol. The van der Waals surface area contributed by atoms with E-state index in [1.54, 1.807) is 4.90 Å². The highest BCUT2D eigenvalue weighted by atomic mass is 19.1. The molecule has 1 aliphatic carbocycles. The van der Waals surface area contributed by atoms with E-state index in [2.05, 4.69) is 10.6 Å². The van der Waals surface area contributed by atoms with Crippen LogP contribution in [0.3, 0.4) is 0 Å². The molecule has 0 aromatic heterocycles. The third-order valence-corrected chi connectivity index (χ3v) is 7.90. The molecule has 0 bridgehead atoms. The number of piperazine rings is 2. The van der Waals surface area contributed by atoms with Crippen molar-refractivity contribution in [2.75, 3.05) is 26.2 Å². The maximum atomic E-state index is 15.3. The molecule has 7 nitrogen and oxygen atoms in total. The van der Waals surface area contributed by atoms with Gasteiger partial charge in [0.2, 0.25) is 17.7 Å². The van der Waals surface area contributed by atoms with Crippen molar-refractivity contribution in [1.29, 1.82) is 0 Å². The monoisotopic (exact) mass is 524 g/mol. The Morgan fingerprint density at radius 1 is 1.03 bits per heavy atom. The fourth-order valence-electron chi connectivity index (χ4n) is 6.06. The van der Waals surface area contributed by atoms with Crippen molar-refractivity contribution in [3.63, 3.8) is 0 Å². The van der Waals surface area contributed by atoms with E-state index in [-0.39, 0.29) is 23.3 Å². The normalized spacial score (nSPS) is 23.0. The topological polar surface area (TPSA) is 81.8 Å². The molecule has 2 saturated heterocycles. The summed E-state index contributed by atoms with van der Waals surface area (Å²) in [6, 6.07) is 7.81. The van der Waals surface area contributed by atoms with Gasteiger partial charge >= 0.3 is 0 Å². The smallest absolute Gasteiger partial charge is 0.250 e. The van der Waals surface area contributed by atoms with Gasteiger partial charge in [-0.2, -0.15) is 0 Å². The van der Waals surface area contributed by atoms with Crippen LogP contribution in [0.5, 0.6) is 0 Å². The van der Waals surface area contributed by atoms with Crippen molar-refractivity contribution in [3.05, 3.63) is 70.8 Å². The zero-order valence-electron chi connectivity index (χ0n) is 21.8. The summed E-state index contributed by atoms with van der Waals surface area (Å²) in [5, 5.41) is 6.15. The molecule has 9 heteroatoms. The number of hydrogen-bond donors (Lipinski definition) is 2. The second kappa shape index (κ2) is 10.8. The van der Waals surface area contributed by atoms with Crippen LogP contribution >= 0.6 is 0 Å². The molecule has 3 aliphatic rings. The summed E-state index contributed by atoms with van der Waals surface area (Å²) >= 11 is 0. The highest BCUT2D eigenvalue weighted by Gasteiger charge is 2.50. The fraction of sp³-hybridized carbons (Fsp3) is 0.483. The first-order valence-electron chi connectivity index (χ1n) is 13.4. The standard InChI is InChI=1S/C29H34F2N4O3/c1-17(2)13-24-27(36)33-25(20-14-18-5-3-4-6-19(18)15-20)28(37)35(24)26(22-8-7-21(30)16-23(22)31)29(38)34-11-9-32-10-12-34/h3-8,16-17,20,24-26,32H,9-15H2,1-2H3,(H,33,36)/t24-,25?,26-/m1/s1. The third-order valence-electron chi connectivity index (χ3n) is 7.90. The van der Waals surface area contributed by atoms with E-state index in [4.69, 9.17) is 0 Å². The van der Waals surface area contributed by atoms with Crippen molar-refractivity contribution >= 4 is 17.7 Å². The summed E-state index contributed by atoms with van der Waals surface area (Å²) in [5.74, 6) is -3.04. The van der Waals surface area contributed by atoms with Gasteiger partial charge in [-0.1, -0.05) is 44.2 Å². The molecule has 0 radical (unpaired) electrons. The number of carbonyl (C=O) groups excluding carboxylic acids is 3. The molecule has 1 unspecified atom stereocenters. The van der Waals surface area contributed by atoms with E-state index in [1.807, 2.05) is 38.1 Å². The Balaban J connectivity index is 1.57. The van der Waals surface area contributed by atoms with Gasteiger partial charge in [-0.3, -0.25) is 14.4 Å². The van der Waals surface area contributed by atoms with Crippen molar-refractivity contribution in [3.8, 4) is 0 Å². The first-order valence-corrected chi connectivity index (χ1v) is 13.4. The van der Waals surface area contributed by atoms with Gasteiger partial charge in [0, 0.05) is 37.8 Å². The molecule has 0 saturated carbocycles. The SMILES string of the molecule is CC(C)C[C@@H]1C(=O)NC(C2Cc3ccccc3C2)C(=O)N1[C@@H](C(=O)N1CCNCC1)c1ccc(F)cc1F. The maximum Gasteiger partial charge on any atom is 0.250 e. The molecule has 3 atom stereocenters. The second-order valence-electron chi connectivity index (χ2n) is 11.0. The van der Waals surface area contributed by atoms with Crippen LogP contribution < -0.4 is 10.6 Å². The van der Waals surface area contributed by atoms with Crippen LogP contribution in [0.2, 0.25) is 0 Å². The van der Waals surface area contributed by atoms with Crippen LogP contribution in [0.1, 0.15) is 43.0 Å². The van der Waals surface area contributed by atoms with Crippen molar-refractivity contribution in [1.82, 2.24) is 20.4 Å². The molecule has 2 heterocycles. The van der Waals surface area contributed by atoms with Gasteiger partial charge in [0.05, 0.1) is 0 Å². The summed E-state index contributed by atoms with van der Waals surface area (Å²) in [4.78, 5) is 44.9. The van der Waals surface area contributed by atoms with E-state index >= 15 is 4.39 Å². The molecule has 3 amide bonds. The van der Waals surface area contributed by atoms with E-state index in [9.17, 15) is 18.8 Å². The lowest BCUT2D eigenvalue weighted by atomic mass is 9.87. The highest BCUT2D eigenvalue weighted by molar-refractivity contribution is 6.00. The molecule has 2 fully saturated rings. The fourth-order valence-corrected chi connectivity index (χ4v) is 6.06. The minimum absolute atomic E-state index is 0.0290. The van der Waals surface area contributed by atoms with Gasteiger partial charge in [-0.05, 0) is 48.3 Å². The van der Waals surface area contributed by atoms with Crippen LogP contribution in [0.4, 0.5) is 8.78 Å². The lowest BCUT2D eigenvalue weighted by Gasteiger charge is -2.46. The average molecular weight is 525 g/mol. The zero-order chi connectivity index (χ0) is 27.0. The number of nitrogens with one attached hydrogen (secondary N) is 2. The second-order valence-corrected chi connectivity index (χ2v) is 11.0. The van der Waals surface area contributed by atoms with Gasteiger partial charge in [0.25, 0.3) is 0 Å². The van der Waals surface area contributed by atoms with Crippen LogP contribution in [0, 0.1) is 23.5 Å². The molecule has 2 aromatic rings. The summed E-state index contributed by atoms with van der Waals surface area (Å²) in [6.07, 6.45) is 1.55. The number of fused-ring (bicyclic) bond motifs is 1. The van der Waals surface area contributed by atoms with Gasteiger partial charge in [0.1, 0.15) is 29.8 Å². The number of carbonyl (C=O) groups is 3. The maximum absolute atomic E-state index is 15.3. The van der Waals surface area contributed by atoms with E-state index < -0.39 is 41.6 Å². The van der Waals surface area contributed by atoms with Crippen LogP contribution in [-0.2, 0) is 27.2 Å². The Bertz CT molecular complexity index is 1210. The molecule has 5 rings (SSSR count). The average Bonchev–Trinajstić information content (AvgIpc) is 3.33. The third kappa shape index (κ3) is 5.04. The number of halogens is 2. The van der Waals surface area contributed by atoms with Crippen LogP contribution in [0.15, 0.2) is 42.5 Å². The number of amides is 3. The lowest BCUT2D eigenvalue weighted by molar-refractivity contribution is -0.160. The van der Waals surface area contributed by atoms with E-state index in [1.165, 1.54) is 11.0 Å². The Hall–Kier alpha value is -3.33. The largest absolute Gasteiger partial charge is 0.342 e. The Kier molecular flexibility index (Phi) is 7.47. The molecule has 0 spiro atoms. The Morgan fingerprint density at radius 2 is 1.68 bits per heavy atom. The first-order chi connectivity index (χ1) is 18.2.